The van der Waals surface area contributed by atoms with Crippen molar-refractivity contribution in [1.29, 1.82) is 0 Å². The summed E-state index contributed by atoms with van der Waals surface area (Å²) in [6.07, 6.45) is 11.3. The first-order valence-electron chi connectivity index (χ1n) is 7.31. The molecule has 0 atom stereocenters. The molecule has 0 aromatic rings. The Kier molecular flexibility index (Phi) is 3.02. The van der Waals surface area contributed by atoms with Gasteiger partial charge in [0.05, 0.1) is 6.54 Å². The molecule has 0 unspecified atom stereocenters. The summed E-state index contributed by atoms with van der Waals surface area (Å²) in [6.45, 7) is 2.07. The van der Waals surface area contributed by atoms with Crippen molar-refractivity contribution in [3.8, 4) is 0 Å². The van der Waals surface area contributed by atoms with Gasteiger partial charge in [0, 0.05) is 18.2 Å². The van der Waals surface area contributed by atoms with Crippen LogP contribution in [0, 0.1) is 23.2 Å². The molecule has 0 aromatic carbocycles. The number of rotatable bonds is 4. The topological polar surface area (TPSA) is 15.6 Å². The normalized spacial score (nSPS) is 44.1. The van der Waals surface area contributed by atoms with E-state index in [4.69, 9.17) is 4.99 Å². The van der Waals surface area contributed by atoms with Crippen LogP contribution in [0.5, 0.6) is 0 Å². The Labute approximate surface area is 105 Å². The highest BCUT2D eigenvalue weighted by Gasteiger charge is 2.49. The van der Waals surface area contributed by atoms with Gasteiger partial charge in [-0.25, -0.2) is 0 Å². The van der Waals surface area contributed by atoms with Crippen LogP contribution < -0.4 is 0 Å². The number of aliphatic imine (C=N–C) groups is 1. The fraction of sp³-hybridized carbons (Fsp3) is 0.933. The summed E-state index contributed by atoms with van der Waals surface area (Å²) >= 11 is 0. The van der Waals surface area contributed by atoms with Crippen molar-refractivity contribution >= 4 is 6.21 Å². The van der Waals surface area contributed by atoms with Crippen LogP contribution in [0.2, 0.25) is 0 Å². The molecule has 0 radical (unpaired) electrons. The van der Waals surface area contributed by atoms with Gasteiger partial charge < -0.3 is 4.90 Å². The van der Waals surface area contributed by atoms with Crippen LogP contribution in [0.15, 0.2) is 4.99 Å². The molecule has 4 rings (SSSR count). The third kappa shape index (κ3) is 2.42. The second kappa shape index (κ2) is 4.38. The Morgan fingerprint density at radius 3 is 2.06 bits per heavy atom. The number of likely N-dealkylation sites (N-methyl/N-ethyl adjacent to an activating group) is 1. The monoisotopic (exact) mass is 234 g/mol. The molecule has 0 N–H and O–H groups in total. The Hall–Kier alpha value is -0.370. The van der Waals surface area contributed by atoms with E-state index >= 15 is 0 Å². The molecule has 4 bridgehead atoms. The summed E-state index contributed by atoms with van der Waals surface area (Å²) in [5.41, 5.74) is 0.529. The highest BCUT2D eigenvalue weighted by Crippen LogP contribution is 2.59. The lowest BCUT2D eigenvalue weighted by atomic mass is 9.50. The molecule has 2 nitrogen and oxygen atoms in total. The Morgan fingerprint density at radius 1 is 1.06 bits per heavy atom. The Bertz CT molecular complexity index is 271. The van der Waals surface area contributed by atoms with E-state index in [1.165, 1.54) is 38.5 Å². The van der Waals surface area contributed by atoms with Gasteiger partial charge in [-0.15, -0.1) is 0 Å². The predicted octanol–water partition coefficient (Wildman–Crippen LogP) is 2.84. The second-order valence-electron chi connectivity index (χ2n) is 7.12. The standard InChI is InChI=1S/C15H26N2/c1-17(2)4-3-16-11-15-8-12-5-13(9-15)7-14(6-12)10-15/h11-14H,3-10H2,1-2H3. The number of nitrogens with zero attached hydrogens (tertiary/aromatic N) is 2. The van der Waals surface area contributed by atoms with E-state index in [0.717, 1.165) is 30.8 Å². The van der Waals surface area contributed by atoms with E-state index in [2.05, 4.69) is 25.2 Å². The van der Waals surface area contributed by atoms with Crippen molar-refractivity contribution in [2.24, 2.45) is 28.2 Å². The zero-order valence-electron chi connectivity index (χ0n) is 11.4. The first-order chi connectivity index (χ1) is 8.15. The fourth-order valence-corrected chi connectivity index (χ4v) is 4.85. The van der Waals surface area contributed by atoms with Crippen LogP contribution in [0.3, 0.4) is 0 Å². The summed E-state index contributed by atoms with van der Waals surface area (Å²) < 4.78 is 0. The summed E-state index contributed by atoms with van der Waals surface area (Å²) in [4.78, 5) is 6.95. The predicted molar refractivity (Wildman–Crippen MR) is 72.5 cm³/mol. The second-order valence-corrected chi connectivity index (χ2v) is 7.12. The maximum Gasteiger partial charge on any atom is 0.0512 e. The minimum Gasteiger partial charge on any atom is -0.308 e. The smallest absolute Gasteiger partial charge is 0.0512 e. The molecule has 0 amide bonds. The molecule has 4 fully saturated rings. The molecule has 0 heterocycles. The van der Waals surface area contributed by atoms with Gasteiger partial charge >= 0.3 is 0 Å². The van der Waals surface area contributed by atoms with E-state index < -0.39 is 0 Å². The first kappa shape index (κ1) is 11.7. The molecule has 0 saturated heterocycles. The van der Waals surface area contributed by atoms with Gasteiger partial charge in [0.25, 0.3) is 0 Å². The van der Waals surface area contributed by atoms with E-state index in [1.807, 2.05) is 0 Å². The van der Waals surface area contributed by atoms with E-state index in [9.17, 15) is 0 Å². The van der Waals surface area contributed by atoms with Crippen molar-refractivity contribution in [3.63, 3.8) is 0 Å². The van der Waals surface area contributed by atoms with Crippen LogP contribution in [-0.2, 0) is 0 Å². The van der Waals surface area contributed by atoms with Crippen molar-refractivity contribution in [2.75, 3.05) is 27.2 Å². The third-order valence-electron chi connectivity index (χ3n) is 5.13. The maximum absolute atomic E-state index is 4.73. The molecule has 0 spiro atoms. The fourth-order valence-electron chi connectivity index (χ4n) is 4.85. The minimum atomic E-state index is 0.529. The maximum atomic E-state index is 4.73. The van der Waals surface area contributed by atoms with Gasteiger partial charge in [0.1, 0.15) is 0 Å². The van der Waals surface area contributed by atoms with Crippen LogP contribution in [-0.4, -0.2) is 38.3 Å². The molecule has 0 aliphatic heterocycles. The largest absolute Gasteiger partial charge is 0.308 e. The quantitative estimate of drug-likeness (QED) is 0.683. The van der Waals surface area contributed by atoms with Gasteiger partial charge in [0.2, 0.25) is 0 Å². The highest BCUT2D eigenvalue weighted by molar-refractivity contribution is 5.66. The summed E-state index contributed by atoms with van der Waals surface area (Å²) in [5, 5.41) is 0. The zero-order chi connectivity index (χ0) is 11.9. The van der Waals surface area contributed by atoms with Crippen molar-refractivity contribution in [3.05, 3.63) is 0 Å². The molecule has 17 heavy (non-hydrogen) atoms. The molecular formula is C15H26N2. The summed E-state index contributed by atoms with van der Waals surface area (Å²) in [5.74, 6) is 3.13. The van der Waals surface area contributed by atoms with Gasteiger partial charge in [-0.2, -0.15) is 0 Å². The number of hydrogen-bond donors (Lipinski definition) is 0. The van der Waals surface area contributed by atoms with Crippen molar-refractivity contribution in [1.82, 2.24) is 4.90 Å². The Balaban J connectivity index is 1.62. The Morgan fingerprint density at radius 2 is 1.59 bits per heavy atom. The lowest BCUT2D eigenvalue weighted by Gasteiger charge is -2.55. The SMILES string of the molecule is CN(C)CCN=CC12CC3CC(CC(C3)C1)C2. The van der Waals surface area contributed by atoms with Crippen LogP contribution in [0.4, 0.5) is 0 Å². The molecule has 4 aliphatic carbocycles. The lowest BCUT2D eigenvalue weighted by Crippen LogP contribution is -2.46. The first-order valence-corrected chi connectivity index (χ1v) is 7.31. The minimum absolute atomic E-state index is 0.529. The van der Waals surface area contributed by atoms with E-state index in [0.29, 0.717) is 5.41 Å². The summed E-state index contributed by atoms with van der Waals surface area (Å²) in [6, 6.07) is 0. The lowest BCUT2D eigenvalue weighted by molar-refractivity contribution is -0.00970. The third-order valence-corrected chi connectivity index (χ3v) is 5.13. The molecular weight excluding hydrogens is 208 g/mol. The van der Waals surface area contributed by atoms with Gasteiger partial charge in [-0.1, -0.05) is 0 Å². The molecule has 4 aliphatic rings. The van der Waals surface area contributed by atoms with Crippen LogP contribution in [0.1, 0.15) is 38.5 Å². The van der Waals surface area contributed by atoms with Gasteiger partial charge in [-0.05, 0) is 70.4 Å². The van der Waals surface area contributed by atoms with Crippen LogP contribution >= 0.6 is 0 Å². The zero-order valence-corrected chi connectivity index (χ0v) is 11.4. The van der Waals surface area contributed by atoms with Gasteiger partial charge in [0.15, 0.2) is 0 Å². The summed E-state index contributed by atoms with van der Waals surface area (Å²) in [7, 11) is 4.25. The van der Waals surface area contributed by atoms with Crippen LogP contribution in [0.25, 0.3) is 0 Å². The van der Waals surface area contributed by atoms with Crippen molar-refractivity contribution < 1.29 is 0 Å². The average Bonchev–Trinajstić information content (AvgIpc) is 2.22. The number of hydrogen-bond acceptors (Lipinski definition) is 2. The van der Waals surface area contributed by atoms with Gasteiger partial charge in [-0.3, -0.25) is 4.99 Å². The highest BCUT2D eigenvalue weighted by atomic mass is 15.1. The average molecular weight is 234 g/mol. The van der Waals surface area contributed by atoms with E-state index in [1.54, 1.807) is 0 Å². The molecule has 96 valence electrons. The molecule has 4 saturated carbocycles. The van der Waals surface area contributed by atoms with E-state index in [-0.39, 0.29) is 0 Å². The molecule has 2 heteroatoms. The van der Waals surface area contributed by atoms with Crippen molar-refractivity contribution in [2.45, 2.75) is 38.5 Å². The molecule has 0 aromatic heterocycles.